The molecule has 2 saturated heterocycles. The lowest BCUT2D eigenvalue weighted by molar-refractivity contribution is 0.122. The van der Waals surface area contributed by atoms with Gasteiger partial charge in [0.1, 0.15) is 11.6 Å². The van der Waals surface area contributed by atoms with Crippen LogP contribution in [0.25, 0.3) is 0 Å². The van der Waals surface area contributed by atoms with Crippen LogP contribution in [0, 0.1) is 9.49 Å². The molecule has 2 aliphatic rings. The highest BCUT2D eigenvalue weighted by molar-refractivity contribution is 14.1. The molecule has 0 spiro atoms. The van der Waals surface area contributed by atoms with Crippen LogP contribution in [0.5, 0.6) is 0 Å². The smallest absolute Gasteiger partial charge is 0.132 e. The SMILES string of the molecule is C[C@@H]1CCN(c2cc(I)cc(N3CCOCC3)n2)C1. The second-order valence-corrected chi connectivity index (χ2v) is 6.69. The highest BCUT2D eigenvalue weighted by atomic mass is 127. The first-order valence-electron chi connectivity index (χ1n) is 6.97. The van der Waals surface area contributed by atoms with Crippen LogP contribution in [0.15, 0.2) is 12.1 Å². The van der Waals surface area contributed by atoms with Gasteiger partial charge in [-0.1, -0.05) is 6.92 Å². The van der Waals surface area contributed by atoms with Crippen LogP contribution < -0.4 is 9.80 Å². The average molecular weight is 373 g/mol. The molecule has 0 aliphatic carbocycles. The van der Waals surface area contributed by atoms with E-state index in [1.165, 1.54) is 9.99 Å². The zero-order chi connectivity index (χ0) is 13.2. The largest absolute Gasteiger partial charge is 0.378 e. The van der Waals surface area contributed by atoms with Crippen molar-refractivity contribution in [1.82, 2.24) is 4.98 Å². The summed E-state index contributed by atoms with van der Waals surface area (Å²) in [7, 11) is 0. The number of rotatable bonds is 2. The molecule has 3 heterocycles. The Morgan fingerprint density at radius 3 is 2.47 bits per heavy atom. The molecule has 0 amide bonds. The molecule has 5 heteroatoms. The number of halogens is 1. The van der Waals surface area contributed by atoms with E-state index in [-0.39, 0.29) is 0 Å². The Kier molecular flexibility index (Phi) is 4.12. The number of pyridine rings is 1. The lowest BCUT2D eigenvalue weighted by atomic mass is 10.2. The van der Waals surface area contributed by atoms with Crippen molar-refractivity contribution >= 4 is 34.2 Å². The molecule has 19 heavy (non-hydrogen) atoms. The van der Waals surface area contributed by atoms with E-state index in [2.05, 4.69) is 51.4 Å². The Balaban J connectivity index is 1.83. The van der Waals surface area contributed by atoms with E-state index in [1.807, 2.05) is 0 Å². The molecule has 3 rings (SSSR count). The van der Waals surface area contributed by atoms with Crippen molar-refractivity contribution in [2.75, 3.05) is 49.2 Å². The van der Waals surface area contributed by atoms with Gasteiger partial charge in [-0.15, -0.1) is 0 Å². The molecule has 0 saturated carbocycles. The van der Waals surface area contributed by atoms with Crippen molar-refractivity contribution in [3.63, 3.8) is 0 Å². The van der Waals surface area contributed by atoms with Crippen molar-refractivity contribution < 1.29 is 4.74 Å². The van der Waals surface area contributed by atoms with Crippen molar-refractivity contribution in [1.29, 1.82) is 0 Å². The summed E-state index contributed by atoms with van der Waals surface area (Å²) >= 11 is 2.39. The lowest BCUT2D eigenvalue weighted by Crippen LogP contribution is -2.37. The number of morpholine rings is 1. The second kappa shape index (κ2) is 5.83. The summed E-state index contributed by atoms with van der Waals surface area (Å²) in [6.07, 6.45) is 1.28. The van der Waals surface area contributed by atoms with Gasteiger partial charge >= 0.3 is 0 Å². The molecule has 0 radical (unpaired) electrons. The topological polar surface area (TPSA) is 28.6 Å². The monoisotopic (exact) mass is 373 g/mol. The number of anilines is 2. The summed E-state index contributed by atoms with van der Waals surface area (Å²) in [5, 5.41) is 0. The zero-order valence-corrected chi connectivity index (χ0v) is 13.5. The third-order valence-electron chi connectivity index (χ3n) is 3.85. The maximum Gasteiger partial charge on any atom is 0.132 e. The van der Waals surface area contributed by atoms with Crippen LogP contribution in [-0.2, 0) is 4.74 Å². The van der Waals surface area contributed by atoms with E-state index in [0.717, 1.165) is 56.9 Å². The molecule has 0 N–H and O–H groups in total. The Labute approximate surface area is 128 Å². The fourth-order valence-corrected chi connectivity index (χ4v) is 3.29. The molecule has 0 bridgehead atoms. The maximum absolute atomic E-state index is 5.41. The Hall–Kier alpha value is -0.560. The molecule has 2 fully saturated rings. The molecule has 1 aromatic rings. The third-order valence-corrected chi connectivity index (χ3v) is 4.47. The molecule has 104 valence electrons. The van der Waals surface area contributed by atoms with Crippen LogP contribution in [0.4, 0.5) is 11.6 Å². The number of hydrogen-bond acceptors (Lipinski definition) is 4. The Morgan fingerprint density at radius 2 is 1.84 bits per heavy atom. The van der Waals surface area contributed by atoms with E-state index in [4.69, 9.17) is 9.72 Å². The molecular weight excluding hydrogens is 353 g/mol. The fraction of sp³-hybridized carbons (Fsp3) is 0.643. The minimum Gasteiger partial charge on any atom is -0.378 e. The van der Waals surface area contributed by atoms with Crippen LogP contribution in [-0.4, -0.2) is 44.4 Å². The molecule has 1 aromatic heterocycles. The normalized spacial score (nSPS) is 24.0. The van der Waals surface area contributed by atoms with Gasteiger partial charge in [0.2, 0.25) is 0 Å². The molecular formula is C14H20IN3O. The molecule has 0 unspecified atom stereocenters. The number of ether oxygens (including phenoxy) is 1. The first-order valence-corrected chi connectivity index (χ1v) is 8.05. The summed E-state index contributed by atoms with van der Waals surface area (Å²) in [6.45, 7) is 8.10. The molecule has 2 aliphatic heterocycles. The average Bonchev–Trinajstić information content (AvgIpc) is 2.86. The zero-order valence-electron chi connectivity index (χ0n) is 11.3. The van der Waals surface area contributed by atoms with Gasteiger partial charge in [-0.25, -0.2) is 4.98 Å². The fourth-order valence-electron chi connectivity index (χ4n) is 2.73. The highest BCUT2D eigenvalue weighted by Gasteiger charge is 2.21. The predicted octanol–water partition coefficient (Wildman–Crippen LogP) is 2.37. The van der Waals surface area contributed by atoms with Gasteiger partial charge in [-0.3, -0.25) is 0 Å². The van der Waals surface area contributed by atoms with Crippen LogP contribution in [0.1, 0.15) is 13.3 Å². The van der Waals surface area contributed by atoms with Crippen molar-refractivity contribution in [3.8, 4) is 0 Å². The van der Waals surface area contributed by atoms with E-state index < -0.39 is 0 Å². The molecule has 1 atom stereocenters. The van der Waals surface area contributed by atoms with Crippen molar-refractivity contribution in [3.05, 3.63) is 15.7 Å². The van der Waals surface area contributed by atoms with E-state index >= 15 is 0 Å². The summed E-state index contributed by atoms with van der Waals surface area (Å²) in [5.74, 6) is 3.02. The van der Waals surface area contributed by atoms with Gasteiger partial charge in [0, 0.05) is 29.7 Å². The van der Waals surface area contributed by atoms with Crippen LogP contribution >= 0.6 is 22.6 Å². The van der Waals surface area contributed by atoms with Gasteiger partial charge in [0.15, 0.2) is 0 Å². The third kappa shape index (κ3) is 3.13. The summed E-state index contributed by atoms with van der Waals surface area (Å²) in [6, 6.07) is 4.37. The lowest BCUT2D eigenvalue weighted by Gasteiger charge is -2.29. The van der Waals surface area contributed by atoms with Gasteiger partial charge in [0.25, 0.3) is 0 Å². The minimum absolute atomic E-state index is 0.784. The van der Waals surface area contributed by atoms with Crippen LogP contribution in [0.2, 0.25) is 0 Å². The van der Waals surface area contributed by atoms with Gasteiger partial charge in [-0.2, -0.15) is 0 Å². The standard InChI is InChI=1S/C14H20IN3O/c1-11-2-3-18(10-11)14-9-12(15)8-13(16-14)17-4-6-19-7-5-17/h8-9,11H,2-7,10H2,1H3/t11-/m1/s1. The maximum atomic E-state index is 5.41. The second-order valence-electron chi connectivity index (χ2n) is 5.44. The summed E-state index contributed by atoms with van der Waals surface area (Å²) in [5.41, 5.74) is 0. The number of nitrogens with zero attached hydrogens (tertiary/aromatic N) is 3. The quantitative estimate of drug-likeness (QED) is 0.745. The summed E-state index contributed by atoms with van der Waals surface area (Å²) < 4.78 is 6.68. The van der Waals surface area contributed by atoms with Crippen molar-refractivity contribution in [2.45, 2.75) is 13.3 Å². The summed E-state index contributed by atoms with van der Waals surface area (Å²) in [4.78, 5) is 9.61. The van der Waals surface area contributed by atoms with Gasteiger partial charge in [0.05, 0.1) is 13.2 Å². The van der Waals surface area contributed by atoms with Gasteiger partial charge in [-0.05, 0) is 47.1 Å². The van der Waals surface area contributed by atoms with E-state index in [1.54, 1.807) is 0 Å². The Bertz CT molecular complexity index is 425. The first-order chi connectivity index (χ1) is 9.22. The minimum atomic E-state index is 0.784. The van der Waals surface area contributed by atoms with Crippen molar-refractivity contribution in [2.24, 2.45) is 5.92 Å². The molecule has 4 nitrogen and oxygen atoms in total. The Morgan fingerprint density at radius 1 is 1.16 bits per heavy atom. The van der Waals surface area contributed by atoms with E-state index in [0.29, 0.717) is 0 Å². The van der Waals surface area contributed by atoms with Crippen LogP contribution in [0.3, 0.4) is 0 Å². The molecule has 0 aromatic carbocycles. The van der Waals surface area contributed by atoms with E-state index in [9.17, 15) is 0 Å². The van der Waals surface area contributed by atoms with Gasteiger partial charge < -0.3 is 14.5 Å². The first kappa shape index (κ1) is 13.4. The predicted molar refractivity (Wildman–Crippen MR) is 86.0 cm³/mol. The number of aromatic nitrogens is 1. The highest BCUT2D eigenvalue weighted by Crippen LogP contribution is 2.26. The number of hydrogen-bond donors (Lipinski definition) is 0.